The zero-order valence-electron chi connectivity index (χ0n) is 10.1. The minimum Gasteiger partial charge on any atom is -0.507 e. The fourth-order valence-corrected chi connectivity index (χ4v) is 1.75. The molecule has 0 unspecified atom stereocenters. The number of aromatic hydroxyl groups is 1. The summed E-state index contributed by atoms with van der Waals surface area (Å²) in [7, 11) is 0. The largest absolute Gasteiger partial charge is 0.507 e. The molecule has 0 aliphatic heterocycles. The fraction of sp³-hybridized carbons (Fsp3) is 0.333. The summed E-state index contributed by atoms with van der Waals surface area (Å²) in [6.45, 7) is 5.85. The van der Waals surface area contributed by atoms with Crippen molar-refractivity contribution in [1.29, 1.82) is 0 Å². The van der Waals surface area contributed by atoms with Gasteiger partial charge >= 0.3 is 0 Å². The first-order valence-corrected chi connectivity index (χ1v) is 5.37. The van der Waals surface area contributed by atoms with Crippen LogP contribution in [0.5, 0.6) is 5.75 Å². The highest BCUT2D eigenvalue weighted by Gasteiger charge is 2.15. The molecule has 0 spiro atoms. The number of nitrogens with two attached hydrogens (primary N) is 1. The van der Waals surface area contributed by atoms with Gasteiger partial charge in [0.05, 0.1) is 6.54 Å². The molecule has 0 saturated heterocycles. The normalized spacial score (nSPS) is 10.8. The summed E-state index contributed by atoms with van der Waals surface area (Å²) in [5.74, 6) is 1.23. The zero-order chi connectivity index (χ0) is 12.6. The second kappa shape index (κ2) is 4.18. The maximum absolute atomic E-state index is 9.83. The average Bonchev–Trinajstić information content (AvgIpc) is 2.79. The lowest BCUT2D eigenvalue weighted by Gasteiger charge is -2.10. The summed E-state index contributed by atoms with van der Waals surface area (Å²) in [5, 5.41) is 13.7. The van der Waals surface area contributed by atoms with Crippen molar-refractivity contribution in [2.24, 2.45) is 5.73 Å². The average molecular weight is 233 g/mol. The molecule has 2 rings (SSSR count). The molecule has 2 aromatic rings. The molecule has 5 nitrogen and oxygen atoms in total. The molecule has 0 saturated carbocycles. The van der Waals surface area contributed by atoms with Crippen LogP contribution >= 0.6 is 0 Å². The van der Waals surface area contributed by atoms with E-state index in [1.165, 1.54) is 0 Å². The van der Waals surface area contributed by atoms with Gasteiger partial charge in [-0.05, 0) is 43.5 Å². The Kier molecular flexibility index (Phi) is 2.85. The predicted octanol–water partition coefficient (Wildman–Crippen LogP) is 1.83. The first-order chi connectivity index (χ1) is 8.04. The monoisotopic (exact) mass is 233 g/mol. The smallest absolute Gasteiger partial charge is 0.240 e. The van der Waals surface area contributed by atoms with E-state index in [0.717, 1.165) is 22.3 Å². The number of rotatable bonds is 2. The molecule has 0 fully saturated rings. The van der Waals surface area contributed by atoms with Crippen LogP contribution < -0.4 is 5.73 Å². The van der Waals surface area contributed by atoms with Crippen LogP contribution in [0.15, 0.2) is 10.6 Å². The summed E-state index contributed by atoms with van der Waals surface area (Å²) in [4.78, 5) is 4.19. The van der Waals surface area contributed by atoms with Crippen molar-refractivity contribution >= 4 is 0 Å². The summed E-state index contributed by atoms with van der Waals surface area (Å²) in [5.41, 5.74) is 8.86. The van der Waals surface area contributed by atoms with E-state index in [1.807, 2.05) is 26.8 Å². The lowest BCUT2D eigenvalue weighted by molar-refractivity contribution is 0.380. The highest BCUT2D eigenvalue weighted by molar-refractivity contribution is 5.66. The van der Waals surface area contributed by atoms with Gasteiger partial charge < -0.3 is 15.4 Å². The van der Waals surface area contributed by atoms with Crippen molar-refractivity contribution in [3.8, 4) is 17.1 Å². The first kappa shape index (κ1) is 11.6. The SMILES string of the molecule is Cc1cc(-c2noc(CN)n2)c(C)c(C)c1O. The van der Waals surface area contributed by atoms with Crippen LogP contribution in [0.4, 0.5) is 0 Å². The van der Waals surface area contributed by atoms with Gasteiger partial charge in [0.25, 0.3) is 0 Å². The lowest BCUT2D eigenvalue weighted by atomic mass is 9.98. The third-order valence-corrected chi connectivity index (χ3v) is 2.94. The number of benzene rings is 1. The first-order valence-electron chi connectivity index (χ1n) is 5.37. The molecule has 0 amide bonds. The summed E-state index contributed by atoms with van der Waals surface area (Å²) in [6.07, 6.45) is 0. The van der Waals surface area contributed by atoms with Gasteiger partial charge in [-0.25, -0.2) is 0 Å². The van der Waals surface area contributed by atoms with Gasteiger partial charge in [0.1, 0.15) is 5.75 Å². The summed E-state index contributed by atoms with van der Waals surface area (Å²) < 4.78 is 4.98. The Morgan fingerprint density at radius 3 is 2.59 bits per heavy atom. The fourth-order valence-electron chi connectivity index (χ4n) is 1.75. The van der Waals surface area contributed by atoms with Crippen molar-refractivity contribution in [1.82, 2.24) is 10.1 Å². The van der Waals surface area contributed by atoms with Gasteiger partial charge in [-0.2, -0.15) is 4.98 Å². The third-order valence-electron chi connectivity index (χ3n) is 2.94. The van der Waals surface area contributed by atoms with Crippen molar-refractivity contribution in [3.63, 3.8) is 0 Å². The van der Waals surface area contributed by atoms with Crippen molar-refractivity contribution in [2.75, 3.05) is 0 Å². The van der Waals surface area contributed by atoms with Crippen LogP contribution in [0.1, 0.15) is 22.6 Å². The Morgan fingerprint density at radius 2 is 2.00 bits per heavy atom. The number of aromatic nitrogens is 2. The third kappa shape index (κ3) is 1.89. The Balaban J connectivity index is 2.59. The second-order valence-corrected chi connectivity index (χ2v) is 4.06. The van der Waals surface area contributed by atoms with Crippen LogP contribution in [0.3, 0.4) is 0 Å². The number of nitrogens with zero attached hydrogens (tertiary/aromatic N) is 2. The quantitative estimate of drug-likeness (QED) is 0.826. The summed E-state index contributed by atoms with van der Waals surface area (Å²) in [6, 6.07) is 1.85. The van der Waals surface area contributed by atoms with Crippen molar-refractivity contribution in [2.45, 2.75) is 27.3 Å². The predicted molar refractivity (Wildman–Crippen MR) is 63.5 cm³/mol. The number of aryl methyl sites for hydroxylation is 1. The molecule has 0 aliphatic rings. The van der Waals surface area contributed by atoms with E-state index >= 15 is 0 Å². The minimum atomic E-state index is 0.224. The van der Waals surface area contributed by atoms with Gasteiger partial charge in [0.2, 0.25) is 11.7 Å². The molecule has 0 radical (unpaired) electrons. The van der Waals surface area contributed by atoms with Crippen LogP contribution in [0, 0.1) is 20.8 Å². The second-order valence-electron chi connectivity index (χ2n) is 4.06. The molecule has 1 aromatic heterocycles. The standard InChI is InChI=1S/C12H15N3O2/c1-6-4-9(7(2)8(3)11(6)16)12-14-10(5-13)17-15-12/h4,16H,5,13H2,1-3H3. The van der Waals surface area contributed by atoms with E-state index in [0.29, 0.717) is 17.5 Å². The maximum atomic E-state index is 9.83. The number of phenolic OH excluding ortho intramolecular Hbond substituents is 1. The molecular formula is C12H15N3O2. The van der Waals surface area contributed by atoms with Gasteiger partial charge in [0, 0.05) is 5.56 Å². The topological polar surface area (TPSA) is 85.2 Å². The van der Waals surface area contributed by atoms with Gasteiger partial charge in [-0.15, -0.1) is 0 Å². The van der Waals surface area contributed by atoms with E-state index in [4.69, 9.17) is 10.3 Å². The number of hydrogen-bond acceptors (Lipinski definition) is 5. The van der Waals surface area contributed by atoms with Crippen LogP contribution in [0.25, 0.3) is 11.4 Å². The van der Waals surface area contributed by atoms with E-state index in [9.17, 15) is 5.11 Å². The van der Waals surface area contributed by atoms with Gasteiger partial charge in [-0.1, -0.05) is 5.16 Å². The Bertz CT molecular complexity index is 561. The van der Waals surface area contributed by atoms with E-state index < -0.39 is 0 Å². The molecule has 1 aromatic carbocycles. The Morgan fingerprint density at radius 1 is 1.29 bits per heavy atom. The van der Waals surface area contributed by atoms with Crippen LogP contribution in [-0.2, 0) is 6.54 Å². The molecule has 5 heteroatoms. The molecule has 90 valence electrons. The van der Waals surface area contributed by atoms with Gasteiger partial charge in [0.15, 0.2) is 0 Å². The summed E-state index contributed by atoms with van der Waals surface area (Å²) >= 11 is 0. The van der Waals surface area contributed by atoms with Crippen molar-refractivity contribution < 1.29 is 9.63 Å². The van der Waals surface area contributed by atoms with Crippen LogP contribution in [-0.4, -0.2) is 15.2 Å². The molecule has 0 bridgehead atoms. The Hall–Kier alpha value is -1.88. The van der Waals surface area contributed by atoms with E-state index in [1.54, 1.807) is 0 Å². The Labute approximate surface area is 99.3 Å². The van der Waals surface area contributed by atoms with E-state index in [2.05, 4.69) is 10.1 Å². The minimum absolute atomic E-state index is 0.224. The molecule has 0 aliphatic carbocycles. The maximum Gasteiger partial charge on any atom is 0.240 e. The highest BCUT2D eigenvalue weighted by atomic mass is 16.5. The van der Waals surface area contributed by atoms with E-state index in [-0.39, 0.29) is 6.54 Å². The number of hydrogen-bond donors (Lipinski definition) is 2. The lowest BCUT2D eigenvalue weighted by Crippen LogP contribution is -1.96. The van der Waals surface area contributed by atoms with Gasteiger partial charge in [-0.3, -0.25) is 0 Å². The molecule has 1 heterocycles. The zero-order valence-corrected chi connectivity index (χ0v) is 10.1. The molecule has 0 atom stereocenters. The van der Waals surface area contributed by atoms with Crippen molar-refractivity contribution in [3.05, 3.63) is 28.6 Å². The molecule has 3 N–H and O–H groups in total. The highest BCUT2D eigenvalue weighted by Crippen LogP contribution is 2.32. The molecular weight excluding hydrogens is 218 g/mol. The molecule has 17 heavy (non-hydrogen) atoms. The number of phenols is 1. The van der Waals surface area contributed by atoms with Crippen LogP contribution in [0.2, 0.25) is 0 Å².